The molecule has 1 aromatic rings. The molecule has 0 unspecified atom stereocenters. The fourth-order valence-electron chi connectivity index (χ4n) is 1.97. The van der Waals surface area contributed by atoms with Gasteiger partial charge >= 0.3 is 35.5 Å². The van der Waals surface area contributed by atoms with E-state index < -0.39 is 12.0 Å². The number of fused-ring (bicyclic) bond motifs is 1. The Morgan fingerprint density at radius 3 is 2.56 bits per heavy atom. The van der Waals surface area contributed by atoms with Crippen LogP contribution in [-0.4, -0.2) is 52.6 Å². The molecule has 0 radical (unpaired) electrons. The van der Waals surface area contributed by atoms with E-state index in [0.717, 1.165) is 11.3 Å². The Balaban J connectivity index is 0.00000128. The molecule has 0 saturated heterocycles. The van der Waals surface area contributed by atoms with E-state index in [1.807, 2.05) is 12.1 Å². The fraction of sp³-hybridized carbons (Fsp3) is 0.273. The summed E-state index contributed by atoms with van der Waals surface area (Å²) in [5.74, 6) is -1.19. The predicted octanol–water partition coefficient (Wildman–Crippen LogP) is 0.400. The monoisotopic (exact) mass is 229 g/mol. The zero-order chi connectivity index (χ0) is 11.0. The molecule has 0 aromatic heterocycles. The van der Waals surface area contributed by atoms with Crippen LogP contribution in [0.25, 0.3) is 0 Å². The molecule has 1 aliphatic heterocycles. The Morgan fingerprint density at radius 1 is 1.38 bits per heavy atom. The Kier molecular flexibility index (Phi) is 4.13. The van der Waals surface area contributed by atoms with Gasteiger partial charge in [0.25, 0.3) is 0 Å². The summed E-state index contributed by atoms with van der Waals surface area (Å²) in [6.45, 7) is 1.39. The fourth-order valence-corrected chi connectivity index (χ4v) is 1.97. The summed E-state index contributed by atoms with van der Waals surface area (Å²) in [5, 5.41) is 9.01. The van der Waals surface area contributed by atoms with Crippen molar-refractivity contribution in [2.75, 3.05) is 4.90 Å². The standard InChI is InChI=1S/C11H11NO3.Na.H/c1-7(13)12-9-5-3-2-4-8(9)6-10(12)11(14)15;;/h2-5,10H,6H2,1H3,(H,14,15);;/t10-;;/m1../s1. The third kappa shape index (κ3) is 2.14. The Bertz CT molecular complexity index is 433. The summed E-state index contributed by atoms with van der Waals surface area (Å²) >= 11 is 0. The van der Waals surface area contributed by atoms with Crippen LogP contribution in [0.3, 0.4) is 0 Å². The van der Waals surface area contributed by atoms with Gasteiger partial charge in [0.15, 0.2) is 0 Å². The van der Waals surface area contributed by atoms with Crippen LogP contribution in [-0.2, 0) is 16.0 Å². The van der Waals surface area contributed by atoms with Crippen LogP contribution >= 0.6 is 0 Å². The maximum absolute atomic E-state index is 11.4. The Labute approximate surface area is 116 Å². The molecule has 80 valence electrons. The van der Waals surface area contributed by atoms with Crippen molar-refractivity contribution in [3.05, 3.63) is 29.8 Å². The molecule has 0 bridgehead atoms. The number of benzene rings is 1. The molecule has 1 amide bonds. The number of hydrogen-bond donors (Lipinski definition) is 1. The van der Waals surface area contributed by atoms with Crippen molar-refractivity contribution >= 4 is 47.1 Å². The van der Waals surface area contributed by atoms with E-state index in [-0.39, 0.29) is 35.5 Å². The zero-order valence-electron chi connectivity index (χ0n) is 8.30. The Morgan fingerprint density at radius 2 is 2.00 bits per heavy atom. The number of carbonyl (C=O) groups excluding carboxylic acids is 1. The summed E-state index contributed by atoms with van der Waals surface area (Å²) in [6.07, 6.45) is 0.394. The van der Waals surface area contributed by atoms with Gasteiger partial charge in [-0.1, -0.05) is 18.2 Å². The number of carboxylic acid groups (broad SMARTS) is 1. The SMILES string of the molecule is CC(=O)N1c2ccccc2C[C@@H]1C(=O)O.[NaH]. The van der Waals surface area contributed by atoms with Crippen molar-refractivity contribution in [2.45, 2.75) is 19.4 Å². The van der Waals surface area contributed by atoms with E-state index in [9.17, 15) is 9.59 Å². The summed E-state index contributed by atoms with van der Waals surface area (Å²) in [7, 11) is 0. The number of carboxylic acids is 1. The molecule has 4 nitrogen and oxygen atoms in total. The van der Waals surface area contributed by atoms with E-state index in [2.05, 4.69) is 0 Å². The van der Waals surface area contributed by atoms with E-state index in [4.69, 9.17) is 5.11 Å². The van der Waals surface area contributed by atoms with Gasteiger partial charge in [0, 0.05) is 19.0 Å². The van der Waals surface area contributed by atoms with Crippen molar-refractivity contribution in [3.8, 4) is 0 Å². The molecule has 0 spiro atoms. The number of aliphatic carboxylic acids is 1. The quantitative estimate of drug-likeness (QED) is 0.709. The van der Waals surface area contributed by atoms with Crippen molar-refractivity contribution in [2.24, 2.45) is 0 Å². The van der Waals surface area contributed by atoms with E-state index in [1.54, 1.807) is 12.1 Å². The van der Waals surface area contributed by atoms with Gasteiger partial charge in [-0.3, -0.25) is 9.69 Å². The first kappa shape index (κ1) is 13.2. The number of para-hydroxylation sites is 1. The zero-order valence-corrected chi connectivity index (χ0v) is 8.30. The van der Waals surface area contributed by atoms with Gasteiger partial charge in [-0.25, -0.2) is 4.79 Å². The number of nitrogens with zero attached hydrogens (tertiary/aromatic N) is 1. The number of amides is 1. The maximum atomic E-state index is 11.4. The molecule has 1 atom stereocenters. The second-order valence-electron chi connectivity index (χ2n) is 3.58. The van der Waals surface area contributed by atoms with Crippen molar-refractivity contribution in [1.29, 1.82) is 0 Å². The van der Waals surface area contributed by atoms with Crippen LogP contribution in [0.1, 0.15) is 12.5 Å². The summed E-state index contributed by atoms with van der Waals surface area (Å²) in [6, 6.07) is 6.54. The van der Waals surface area contributed by atoms with Gasteiger partial charge in [0.05, 0.1) is 0 Å². The molecule has 0 saturated carbocycles. The predicted molar refractivity (Wildman–Crippen MR) is 61.9 cm³/mol. The van der Waals surface area contributed by atoms with Gasteiger partial charge in [0.1, 0.15) is 6.04 Å². The minimum atomic E-state index is -0.957. The van der Waals surface area contributed by atoms with Crippen molar-refractivity contribution in [3.63, 3.8) is 0 Å². The van der Waals surface area contributed by atoms with Crippen LogP contribution in [0.5, 0.6) is 0 Å². The third-order valence-corrected chi connectivity index (χ3v) is 2.60. The molecule has 0 aliphatic carbocycles. The molecule has 0 fully saturated rings. The molecule has 1 heterocycles. The second kappa shape index (κ2) is 4.99. The summed E-state index contributed by atoms with van der Waals surface area (Å²) in [4.78, 5) is 23.7. The first-order chi connectivity index (χ1) is 7.11. The normalized spacial score (nSPS) is 17.6. The Hall–Kier alpha value is -0.840. The minimum absolute atomic E-state index is 0. The van der Waals surface area contributed by atoms with E-state index >= 15 is 0 Å². The molecular weight excluding hydrogens is 217 g/mol. The molecule has 5 heteroatoms. The summed E-state index contributed by atoms with van der Waals surface area (Å²) < 4.78 is 0. The number of rotatable bonds is 1. The van der Waals surface area contributed by atoms with E-state index in [0.29, 0.717) is 6.42 Å². The summed E-state index contributed by atoms with van der Waals surface area (Å²) in [5.41, 5.74) is 1.64. The third-order valence-electron chi connectivity index (χ3n) is 2.60. The molecule has 1 N–H and O–H groups in total. The molecule has 1 aromatic carbocycles. The first-order valence-electron chi connectivity index (χ1n) is 4.72. The number of carbonyl (C=O) groups is 2. The average molecular weight is 229 g/mol. The molecule has 16 heavy (non-hydrogen) atoms. The molecular formula is C11H12NNaO3. The van der Waals surface area contributed by atoms with Crippen LogP contribution in [0.4, 0.5) is 5.69 Å². The van der Waals surface area contributed by atoms with Gasteiger partial charge in [-0.05, 0) is 11.6 Å². The number of hydrogen-bond acceptors (Lipinski definition) is 2. The number of anilines is 1. The van der Waals surface area contributed by atoms with Crippen molar-refractivity contribution in [1.82, 2.24) is 0 Å². The topological polar surface area (TPSA) is 57.6 Å². The van der Waals surface area contributed by atoms with Gasteiger partial charge in [-0.15, -0.1) is 0 Å². The van der Waals surface area contributed by atoms with Crippen LogP contribution in [0.15, 0.2) is 24.3 Å². The first-order valence-corrected chi connectivity index (χ1v) is 4.72. The van der Waals surface area contributed by atoms with Crippen LogP contribution in [0.2, 0.25) is 0 Å². The average Bonchev–Trinajstić information content (AvgIpc) is 2.56. The van der Waals surface area contributed by atoms with Crippen LogP contribution in [0, 0.1) is 0 Å². The second-order valence-corrected chi connectivity index (χ2v) is 3.58. The van der Waals surface area contributed by atoms with Crippen molar-refractivity contribution < 1.29 is 14.7 Å². The van der Waals surface area contributed by atoms with Gasteiger partial charge in [0.2, 0.25) is 5.91 Å². The van der Waals surface area contributed by atoms with E-state index in [1.165, 1.54) is 11.8 Å². The molecule has 1 aliphatic rings. The van der Waals surface area contributed by atoms with Gasteiger partial charge in [-0.2, -0.15) is 0 Å². The molecule has 2 rings (SSSR count). The van der Waals surface area contributed by atoms with Gasteiger partial charge < -0.3 is 5.11 Å². The van der Waals surface area contributed by atoms with Crippen LogP contribution < -0.4 is 4.90 Å².